The Labute approximate surface area is 119 Å². The zero-order valence-corrected chi connectivity index (χ0v) is 11.5. The van der Waals surface area contributed by atoms with E-state index in [9.17, 15) is 23.9 Å². The van der Waals surface area contributed by atoms with Crippen molar-refractivity contribution in [2.45, 2.75) is 51.0 Å². The quantitative estimate of drug-likeness (QED) is 0.802. The summed E-state index contributed by atoms with van der Waals surface area (Å²) in [5.74, 6) is -1.38. The minimum atomic E-state index is -1.13. The van der Waals surface area contributed by atoms with Gasteiger partial charge in [0.25, 0.3) is 5.56 Å². The van der Waals surface area contributed by atoms with Gasteiger partial charge in [-0.2, -0.15) is 4.39 Å². The summed E-state index contributed by atoms with van der Waals surface area (Å²) in [6.07, 6.45) is -0.559. The SMILES string of the molecule is CCCCC(=O)C1OC(n2cc(F)c(=O)[nH]c2=O)CC1O. The molecule has 2 rings (SSSR count). The van der Waals surface area contributed by atoms with E-state index in [0.717, 1.165) is 17.2 Å². The number of aliphatic hydroxyl groups excluding tert-OH is 1. The van der Waals surface area contributed by atoms with Crippen molar-refractivity contribution in [3.63, 3.8) is 0 Å². The topological polar surface area (TPSA) is 101 Å². The average molecular weight is 300 g/mol. The van der Waals surface area contributed by atoms with E-state index in [4.69, 9.17) is 4.74 Å². The predicted molar refractivity (Wildman–Crippen MR) is 70.3 cm³/mol. The Morgan fingerprint density at radius 3 is 2.95 bits per heavy atom. The third kappa shape index (κ3) is 3.27. The Morgan fingerprint density at radius 2 is 2.29 bits per heavy atom. The van der Waals surface area contributed by atoms with E-state index >= 15 is 0 Å². The van der Waals surface area contributed by atoms with E-state index in [-0.39, 0.29) is 18.6 Å². The fraction of sp³-hybridized carbons (Fsp3) is 0.615. The third-order valence-corrected chi connectivity index (χ3v) is 3.42. The maximum absolute atomic E-state index is 13.2. The number of ether oxygens (including phenoxy) is 1. The zero-order chi connectivity index (χ0) is 15.6. The maximum Gasteiger partial charge on any atom is 0.330 e. The molecule has 3 atom stereocenters. The molecule has 0 aromatic carbocycles. The highest BCUT2D eigenvalue weighted by atomic mass is 19.1. The van der Waals surface area contributed by atoms with Crippen molar-refractivity contribution < 1.29 is 19.0 Å². The van der Waals surface area contributed by atoms with E-state index in [0.29, 0.717) is 6.42 Å². The number of rotatable bonds is 5. The van der Waals surface area contributed by atoms with Gasteiger partial charge in [0.2, 0.25) is 5.82 Å². The van der Waals surface area contributed by atoms with Gasteiger partial charge in [0, 0.05) is 12.8 Å². The normalized spacial score (nSPS) is 25.2. The van der Waals surface area contributed by atoms with Crippen LogP contribution in [0.3, 0.4) is 0 Å². The smallest absolute Gasteiger partial charge is 0.330 e. The lowest BCUT2D eigenvalue weighted by atomic mass is 10.0. The number of nitrogens with one attached hydrogen (secondary N) is 1. The van der Waals surface area contributed by atoms with Crippen LogP contribution >= 0.6 is 0 Å². The second-order valence-corrected chi connectivity index (χ2v) is 5.03. The fourth-order valence-corrected chi connectivity index (χ4v) is 2.28. The molecule has 0 aliphatic carbocycles. The Morgan fingerprint density at radius 1 is 1.57 bits per heavy atom. The number of carbonyl (C=O) groups is 1. The number of aromatic nitrogens is 2. The van der Waals surface area contributed by atoms with Crippen LogP contribution in [-0.2, 0) is 9.53 Å². The van der Waals surface area contributed by atoms with Gasteiger partial charge in [-0.15, -0.1) is 0 Å². The third-order valence-electron chi connectivity index (χ3n) is 3.42. The molecule has 0 bridgehead atoms. The van der Waals surface area contributed by atoms with Gasteiger partial charge in [-0.3, -0.25) is 19.1 Å². The predicted octanol–water partition coefficient (Wildman–Crippen LogP) is 0.0834. The molecule has 2 heterocycles. The second kappa shape index (κ2) is 6.31. The minimum Gasteiger partial charge on any atom is -0.390 e. The largest absolute Gasteiger partial charge is 0.390 e. The van der Waals surface area contributed by atoms with Crippen molar-refractivity contribution >= 4 is 5.78 Å². The minimum absolute atomic E-state index is 0.0199. The monoisotopic (exact) mass is 300 g/mol. The summed E-state index contributed by atoms with van der Waals surface area (Å²) in [7, 11) is 0. The zero-order valence-electron chi connectivity index (χ0n) is 11.5. The number of aromatic amines is 1. The molecule has 1 aliphatic heterocycles. The molecule has 7 nitrogen and oxygen atoms in total. The summed E-state index contributed by atoms with van der Waals surface area (Å²) >= 11 is 0. The average Bonchev–Trinajstić information content (AvgIpc) is 2.82. The van der Waals surface area contributed by atoms with Crippen LogP contribution in [0.5, 0.6) is 0 Å². The molecule has 2 N–H and O–H groups in total. The highest BCUT2D eigenvalue weighted by molar-refractivity contribution is 5.83. The molecule has 1 aromatic heterocycles. The molecule has 21 heavy (non-hydrogen) atoms. The van der Waals surface area contributed by atoms with E-state index < -0.39 is 35.5 Å². The maximum atomic E-state index is 13.2. The van der Waals surface area contributed by atoms with Gasteiger partial charge in [0.05, 0.1) is 12.3 Å². The highest BCUT2D eigenvalue weighted by Gasteiger charge is 2.39. The highest BCUT2D eigenvalue weighted by Crippen LogP contribution is 2.29. The number of H-pyrrole nitrogens is 1. The first kappa shape index (κ1) is 15.6. The van der Waals surface area contributed by atoms with Gasteiger partial charge >= 0.3 is 5.69 Å². The van der Waals surface area contributed by atoms with Crippen LogP contribution in [0.2, 0.25) is 0 Å². The number of ketones is 1. The van der Waals surface area contributed by atoms with Crippen molar-refractivity contribution in [1.29, 1.82) is 0 Å². The van der Waals surface area contributed by atoms with Gasteiger partial charge in [-0.1, -0.05) is 13.3 Å². The first-order valence-electron chi connectivity index (χ1n) is 6.81. The van der Waals surface area contributed by atoms with Crippen LogP contribution in [0, 0.1) is 5.82 Å². The van der Waals surface area contributed by atoms with Crippen molar-refractivity contribution in [3.8, 4) is 0 Å². The van der Waals surface area contributed by atoms with Crippen LogP contribution < -0.4 is 11.2 Å². The molecule has 0 spiro atoms. The fourth-order valence-electron chi connectivity index (χ4n) is 2.28. The van der Waals surface area contributed by atoms with Crippen LogP contribution in [0.1, 0.15) is 38.8 Å². The molecule has 3 unspecified atom stereocenters. The van der Waals surface area contributed by atoms with E-state index in [2.05, 4.69) is 0 Å². The Balaban J connectivity index is 2.18. The number of halogens is 1. The molecule has 1 fully saturated rings. The summed E-state index contributed by atoms with van der Waals surface area (Å²) < 4.78 is 19.5. The number of Topliss-reactive ketones (excluding diaryl/α,β-unsaturated/α-hetero) is 1. The van der Waals surface area contributed by atoms with Crippen LogP contribution in [-0.4, -0.2) is 32.6 Å². The molecule has 1 aliphatic rings. The summed E-state index contributed by atoms with van der Waals surface area (Å²) in [5.41, 5.74) is -1.97. The summed E-state index contributed by atoms with van der Waals surface area (Å²) in [6, 6.07) is 0. The molecular formula is C13H17FN2O5. The number of unbranched alkanes of at least 4 members (excludes halogenated alkanes) is 1. The molecule has 8 heteroatoms. The van der Waals surface area contributed by atoms with Gasteiger partial charge in [0.15, 0.2) is 5.78 Å². The van der Waals surface area contributed by atoms with E-state index in [1.54, 1.807) is 0 Å². The summed E-state index contributed by atoms with van der Waals surface area (Å²) in [6.45, 7) is 1.94. The Hall–Kier alpha value is -1.80. The molecule has 0 saturated carbocycles. The lowest BCUT2D eigenvalue weighted by molar-refractivity contribution is -0.135. The molecule has 1 saturated heterocycles. The first-order valence-corrected chi connectivity index (χ1v) is 6.81. The lowest BCUT2D eigenvalue weighted by Gasteiger charge is -2.15. The van der Waals surface area contributed by atoms with Crippen molar-refractivity contribution in [1.82, 2.24) is 9.55 Å². The van der Waals surface area contributed by atoms with Crippen LogP contribution in [0.25, 0.3) is 0 Å². The van der Waals surface area contributed by atoms with E-state index in [1.807, 2.05) is 11.9 Å². The molecule has 0 radical (unpaired) electrons. The number of aliphatic hydroxyl groups is 1. The molecule has 116 valence electrons. The number of carbonyl (C=O) groups excluding carboxylic acids is 1. The van der Waals surface area contributed by atoms with Crippen LogP contribution in [0.15, 0.2) is 15.8 Å². The molecule has 1 aromatic rings. The molecular weight excluding hydrogens is 283 g/mol. The van der Waals surface area contributed by atoms with E-state index in [1.165, 1.54) is 0 Å². The van der Waals surface area contributed by atoms with Crippen molar-refractivity contribution in [2.24, 2.45) is 0 Å². The van der Waals surface area contributed by atoms with Gasteiger partial charge in [-0.25, -0.2) is 4.79 Å². The van der Waals surface area contributed by atoms with Gasteiger partial charge in [0.1, 0.15) is 12.3 Å². The second-order valence-electron chi connectivity index (χ2n) is 5.03. The molecule has 0 amide bonds. The summed E-state index contributed by atoms with van der Waals surface area (Å²) in [4.78, 5) is 36.3. The number of nitrogens with zero attached hydrogens (tertiary/aromatic N) is 1. The van der Waals surface area contributed by atoms with Crippen molar-refractivity contribution in [3.05, 3.63) is 32.9 Å². The Kier molecular flexibility index (Phi) is 4.69. The number of hydrogen-bond acceptors (Lipinski definition) is 5. The Bertz CT molecular complexity index is 638. The van der Waals surface area contributed by atoms with Gasteiger partial charge in [-0.05, 0) is 6.42 Å². The standard InChI is InChI=1S/C13H17FN2O5/c1-2-3-4-8(17)11-9(18)5-10(21-11)16-6-7(14)12(19)15-13(16)20/h6,9-11,18H,2-5H2,1H3,(H,15,19,20). The first-order chi connectivity index (χ1) is 9.93. The van der Waals surface area contributed by atoms with Crippen LogP contribution in [0.4, 0.5) is 4.39 Å². The van der Waals surface area contributed by atoms with Gasteiger partial charge < -0.3 is 9.84 Å². The van der Waals surface area contributed by atoms with Crippen molar-refractivity contribution in [2.75, 3.05) is 0 Å². The number of hydrogen-bond donors (Lipinski definition) is 2. The summed E-state index contributed by atoms with van der Waals surface area (Å²) in [5, 5.41) is 9.88. The lowest BCUT2D eigenvalue weighted by Crippen LogP contribution is -2.34.